The molecule has 0 atom stereocenters. The molecule has 1 heterocycles. The van der Waals surface area contributed by atoms with E-state index >= 15 is 0 Å². The van der Waals surface area contributed by atoms with Crippen molar-refractivity contribution in [3.05, 3.63) is 6.33 Å². The maximum absolute atomic E-state index is 11.8. The molecular formula is C12H22N4O2S. The van der Waals surface area contributed by atoms with Crippen LogP contribution in [0.3, 0.4) is 0 Å². The minimum atomic E-state index is -0.391. The van der Waals surface area contributed by atoms with Gasteiger partial charge in [0.1, 0.15) is 6.33 Å². The Morgan fingerprint density at radius 2 is 2.26 bits per heavy atom. The zero-order valence-electron chi connectivity index (χ0n) is 11.9. The van der Waals surface area contributed by atoms with Gasteiger partial charge in [-0.15, -0.1) is 10.2 Å². The number of hydrogen-bond acceptors (Lipinski definition) is 5. The Morgan fingerprint density at radius 1 is 1.58 bits per heavy atom. The molecule has 19 heavy (non-hydrogen) atoms. The predicted molar refractivity (Wildman–Crippen MR) is 75.1 cm³/mol. The number of aromatic nitrogens is 3. The summed E-state index contributed by atoms with van der Waals surface area (Å²) in [6.07, 6.45) is 2.20. The van der Waals surface area contributed by atoms with Gasteiger partial charge in [0.05, 0.1) is 5.75 Å². The molecular weight excluding hydrogens is 264 g/mol. The Hall–Kier alpha value is -1.08. The molecule has 0 radical (unpaired) electrons. The van der Waals surface area contributed by atoms with Crippen molar-refractivity contribution in [1.29, 1.82) is 0 Å². The van der Waals surface area contributed by atoms with Crippen molar-refractivity contribution >= 4 is 17.7 Å². The number of aliphatic hydroxyl groups excluding tert-OH is 1. The Bertz CT molecular complexity index is 418. The van der Waals surface area contributed by atoms with E-state index in [2.05, 4.69) is 15.5 Å². The molecule has 1 rings (SSSR count). The Morgan fingerprint density at radius 3 is 2.84 bits per heavy atom. The van der Waals surface area contributed by atoms with Gasteiger partial charge in [-0.3, -0.25) is 4.79 Å². The average Bonchev–Trinajstić information content (AvgIpc) is 2.73. The van der Waals surface area contributed by atoms with Gasteiger partial charge in [-0.25, -0.2) is 0 Å². The van der Waals surface area contributed by atoms with Gasteiger partial charge >= 0.3 is 0 Å². The van der Waals surface area contributed by atoms with Crippen molar-refractivity contribution < 1.29 is 9.90 Å². The van der Waals surface area contributed by atoms with Gasteiger partial charge < -0.3 is 15.0 Å². The van der Waals surface area contributed by atoms with E-state index in [-0.39, 0.29) is 18.6 Å². The van der Waals surface area contributed by atoms with Gasteiger partial charge in [-0.2, -0.15) is 0 Å². The lowest BCUT2D eigenvalue weighted by molar-refractivity contribution is -0.120. The Balaban J connectivity index is 2.48. The van der Waals surface area contributed by atoms with E-state index < -0.39 is 5.54 Å². The third-order valence-electron chi connectivity index (χ3n) is 2.64. The van der Waals surface area contributed by atoms with E-state index in [9.17, 15) is 4.79 Å². The minimum Gasteiger partial charge on any atom is -0.396 e. The molecule has 0 bridgehead atoms. The highest BCUT2D eigenvalue weighted by Crippen LogP contribution is 2.18. The lowest BCUT2D eigenvalue weighted by atomic mass is 10.0. The van der Waals surface area contributed by atoms with E-state index in [0.29, 0.717) is 12.2 Å². The smallest absolute Gasteiger partial charge is 0.230 e. The first kappa shape index (κ1) is 16.0. The molecule has 1 amide bonds. The highest BCUT2D eigenvalue weighted by atomic mass is 32.2. The summed E-state index contributed by atoms with van der Waals surface area (Å²) in [6, 6.07) is 0.270. The Kier molecular flexibility index (Phi) is 5.81. The number of nitrogens with one attached hydrogen (secondary N) is 1. The molecule has 108 valence electrons. The van der Waals surface area contributed by atoms with E-state index in [1.54, 1.807) is 6.33 Å². The monoisotopic (exact) mass is 286 g/mol. The number of nitrogens with zero attached hydrogens (tertiary/aromatic N) is 3. The summed E-state index contributed by atoms with van der Waals surface area (Å²) in [7, 11) is 0. The summed E-state index contributed by atoms with van der Waals surface area (Å²) in [6.45, 7) is 7.92. The van der Waals surface area contributed by atoms with Gasteiger partial charge in [0.2, 0.25) is 5.91 Å². The van der Waals surface area contributed by atoms with Crippen molar-refractivity contribution in [2.45, 2.75) is 50.9 Å². The molecule has 0 aliphatic heterocycles. The first-order chi connectivity index (χ1) is 8.85. The minimum absolute atomic E-state index is 0.0576. The Labute approximate surface area is 118 Å². The van der Waals surface area contributed by atoms with Crippen LogP contribution in [0.5, 0.6) is 0 Å². The number of aliphatic hydroxyl groups is 1. The van der Waals surface area contributed by atoms with Crippen LogP contribution in [0, 0.1) is 0 Å². The van der Waals surface area contributed by atoms with Gasteiger partial charge in [-0.05, 0) is 34.1 Å². The van der Waals surface area contributed by atoms with Crippen molar-refractivity contribution in [3.8, 4) is 0 Å². The topological polar surface area (TPSA) is 80.0 Å². The second-order valence-electron chi connectivity index (χ2n) is 5.31. The number of thioether (sulfide) groups is 1. The zero-order chi connectivity index (χ0) is 14.5. The van der Waals surface area contributed by atoms with Gasteiger partial charge in [0, 0.05) is 18.2 Å². The van der Waals surface area contributed by atoms with Crippen molar-refractivity contribution in [1.82, 2.24) is 20.1 Å². The van der Waals surface area contributed by atoms with Crippen LogP contribution in [0.2, 0.25) is 0 Å². The van der Waals surface area contributed by atoms with Gasteiger partial charge in [-0.1, -0.05) is 11.8 Å². The molecule has 0 spiro atoms. The number of rotatable bonds is 7. The predicted octanol–water partition coefficient (Wildman–Crippen LogP) is 1.23. The van der Waals surface area contributed by atoms with Crippen LogP contribution in [-0.4, -0.2) is 43.7 Å². The largest absolute Gasteiger partial charge is 0.396 e. The molecule has 0 saturated carbocycles. The van der Waals surface area contributed by atoms with Crippen molar-refractivity contribution in [3.63, 3.8) is 0 Å². The molecule has 0 unspecified atom stereocenters. The molecule has 0 aliphatic carbocycles. The van der Waals surface area contributed by atoms with E-state index in [1.807, 2.05) is 32.3 Å². The quantitative estimate of drug-likeness (QED) is 0.737. The van der Waals surface area contributed by atoms with Crippen LogP contribution in [-0.2, 0) is 4.79 Å². The normalized spacial score (nSPS) is 11.9. The highest BCUT2D eigenvalue weighted by Gasteiger charge is 2.20. The third-order valence-corrected chi connectivity index (χ3v) is 3.60. The zero-order valence-corrected chi connectivity index (χ0v) is 12.7. The third kappa shape index (κ3) is 5.20. The first-order valence-corrected chi connectivity index (χ1v) is 7.28. The van der Waals surface area contributed by atoms with Crippen LogP contribution >= 0.6 is 11.8 Å². The average molecular weight is 286 g/mol. The van der Waals surface area contributed by atoms with E-state index in [1.165, 1.54) is 11.8 Å². The van der Waals surface area contributed by atoms with Crippen LogP contribution in [0.15, 0.2) is 11.5 Å². The first-order valence-electron chi connectivity index (χ1n) is 6.30. The van der Waals surface area contributed by atoms with Crippen LogP contribution in [0.25, 0.3) is 0 Å². The van der Waals surface area contributed by atoms with Gasteiger partial charge in [0.25, 0.3) is 0 Å². The fraction of sp³-hybridized carbons (Fsp3) is 0.750. The number of carbonyl (C=O) groups excluding carboxylic acids is 1. The summed E-state index contributed by atoms with van der Waals surface area (Å²) < 4.78 is 1.93. The molecule has 0 fully saturated rings. The molecule has 2 N–H and O–H groups in total. The SMILES string of the molecule is CC(C)n1cnnc1SCC(=O)NC(C)(C)CCO. The lowest BCUT2D eigenvalue weighted by Crippen LogP contribution is -2.44. The van der Waals surface area contributed by atoms with E-state index in [4.69, 9.17) is 5.11 Å². The lowest BCUT2D eigenvalue weighted by Gasteiger charge is -2.25. The van der Waals surface area contributed by atoms with Gasteiger partial charge in [0.15, 0.2) is 5.16 Å². The summed E-state index contributed by atoms with van der Waals surface area (Å²) in [5, 5.41) is 20.4. The molecule has 0 saturated heterocycles. The van der Waals surface area contributed by atoms with Crippen LogP contribution in [0.4, 0.5) is 0 Å². The molecule has 1 aromatic rings. The van der Waals surface area contributed by atoms with E-state index in [0.717, 1.165) is 5.16 Å². The maximum Gasteiger partial charge on any atom is 0.230 e. The summed E-state index contributed by atoms with van der Waals surface area (Å²) in [5.74, 6) is 0.224. The second-order valence-corrected chi connectivity index (χ2v) is 6.25. The van der Waals surface area contributed by atoms with Crippen LogP contribution in [0.1, 0.15) is 40.2 Å². The second kappa shape index (κ2) is 6.91. The van der Waals surface area contributed by atoms with Crippen LogP contribution < -0.4 is 5.32 Å². The molecule has 1 aromatic heterocycles. The summed E-state index contributed by atoms with van der Waals surface area (Å²) >= 11 is 1.36. The summed E-state index contributed by atoms with van der Waals surface area (Å²) in [4.78, 5) is 11.8. The highest BCUT2D eigenvalue weighted by molar-refractivity contribution is 7.99. The number of carbonyl (C=O) groups is 1. The van der Waals surface area contributed by atoms with Crippen molar-refractivity contribution in [2.24, 2.45) is 0 Å². The number of amides is 1. The van der Waals surface area contributed by atoms with Crippen molar-refractivity contribution in [2.75, 3.05) is 12.4 Å². The maximum atomic E-state index is 11.8. The molecule has 0 aromatic carbocycles. The molecule has 6 nitrogen and oxygen atoms in total. The molecule has 0 aliphatic rings. The molecule has 7 heteroatoms. The standard InChI is InChI=1S/C12H22N4O2S/c1-9(2)16-8-13-15-11(16)19-7-10(18)14-12(3,4)5-6-17/h8-9,17H,5-7H2,1-4H3,(H,14,18). The fourth-order valence-electron chi connectivity index (χ4n) is 1.58. The summed E-state index contributed by atoms with van der Waals surface area (Å²) in [5.41, 5.74) is -0.391. The number of hydrogen-bond donors (Lipinski definition) is 2. The fourth-order valence-corrected chi connectivity index (χ4v) is 2.42.